The summed E-state index contributed by atoms with van der Waals surface area (Å²) in [5.74, 6) is -0.214. The van der Waals surface area contributed by atoms with Crippen LogP contribution in [0.5, 0.6) is 0 Å². The van der Waals surface area contributed by atoms with Crippen molar-refractivity contribution in [3.8, 4) is 0 Å². The summed E-state index contributed by atoms with van der Waals surface area (Å²) in [6, 6.07) is 6.34. The van der Waals surface area contributed by atoms with E-state index >= 15 is 0 Å². The van der Waals surface area contributed by atoms with Crippen molar-refractivity contribution in [3.05, 3.63) is 42.5 Å². The summed E-state index contributed by atoms with van der Waals surface area (Å²) in [6.07, 6.45) is 0.934. The van der Waals surface area contributed by atoms with E-state index in [1.807, 2.05) is 0 Å². The molecule has 6 nitrogen and oxygen atoms in total. The minimum Gasteiger partial charge on any atom is -0.447 e. The predicted octanol–water partition coefficient (Wildman–Crippen LogP) is 1.14. The van der Waals surface area contributed by atoms with E-state index in [9.17, 15) is 9.59 Å². The minimum absolute atomic E-state index is 0.0616. The molecule has 3 N–H and O–H groups in total. The lowest BCUT2D eigenvalue weighted by Crippen LogP contribution is -2.23. The maximum atomic E-state index is 11.6. The average molecular weight is 264 g/mol. The van der Waals surface area contributed by atoms with Crippen LogP contribution in [0.15, 0.2) is 36.9 Å². The second kappa shape index (κ2) is 7.88. The molecule has 1 rings (SSSR count). The highest BCUT2D eigenvalue weighted by molar-refractivity contribution is 5.95. The molecule has 0 spiro atoms. The molecular formula is C13H16N2O4. The maximum Gasteiger partial charge on any atom is 0.411 e. The average Bonchev–Trinajstić information content (AvgIpc) is 2.43. The summed E-state index contributed by atoms with van der Waals surface area (Å²) >= 11 is 0. The first kappa shape index (κ1) is 14.7. The molecule has 19 heavy (non-hydrogen) atoms. The third kappa shape index (κ3) is 5.22. The van der Waals surface area contributed by atoms with Gasteiger partial charge in [-0.05, 0) is 24.3 Å². The molecule has 0 aliphatic rings. The maximum absolute atomic E-state index is 11.6. The lowest BCUT2D eigenvalue weighted by atomic mass is 10.2. The van der Waals surface area contributed by atoms with Crippen LogP contribution in [0.1, 0.15) is 10.4 Å². The van der Waals surface area contributed by atoms with Crippen LogP contribution in [-0.4, -0.2) is 36.9 Å². The van der Waals surface area contributed by atoms with Crippen molar-refractivity contribution in [2.75, 3.05) is 25.1 Å². The summed E-state index contributed by atoms with van der Waals surface area (Å²) in [7, 11) is 0. The van der Waals surface area contributed by atoms with Crippen LogP contribution in [-0.2, 0) is 4.74 Å². The Hall–Kier alpha value is -2.34. The van der Waals surface area contributed by atoms with Gasteiger partial charge in [0.05, 0.1) is 6.61 Å². The van der Waals surface area contributed by atoms with E-state index in [0.717, 1.165) is 0 Å². The lowest BCUT2D eigenvalue weighted by Gasteiger charge is -2.07. The van der Waals surface area contributed by atoms with E-state index in [2.05, 4.69) is 21.9 Å². The predicted molar refractivity (Wildman–Crippen MR) is 71.0 cm³/mol. The van der Waals surface area contributed by atoms with Crippen molar-refractivity contribution in [3.63, 3.8) is 0 Å². The first-order valence-electron chi connectivity index (χ1n) is 5.71. The van der Waals surface area contributed by atoms with E-state index in [1.54, 1.807) is 30.3 Å². The van der Waals surface area contributed by atoms with E-state index in [-0.39, 0.29) is 19.1 Å². The number of benzene rings is 1. The Morgan fingerprint density at radius 1 is 1.32 bits per heavy atom. The number of carbonyl (C=O) groups excluding carboxylic acids is 2. The molecule has 0 radical (unpaired) electrons. The Bertz CT molecular complexity index is 442. The normalized spacial score (nSPS) is 9.53. The SMILES string of the molecule is C=CCNC(=O)c1ccc(NC(=O)OCCO)cc1. The van der Waals surface area contributed by atoms with Crippen molar-refractivity contribution >= 4 is 17.7 Å². The molecule has 102 valence electrons. The fourth-order valence-corrected chi connectivity index (χ4v) is 1.26. The fourth-order valence-electron chi connectivity index (χ4n) is 1.26. The Balaban J connectivity index is 2.53. The van der Waals surface area contributed by atoms with E-state index in [0.29, 0.717) is 17.8 Å². The number of amides is 2. The van der Waals surface area contributed by atoms with Crippen molar-refractivity contribution in [1.82, 2.24) is 5.32 Å². The van der Waals surface area contributed by atoms with Crippen molar-refractivity contribution < 1.29 is 19.4 Å². The van der Waals surface area contributed by atoms with Gasteiger partial charge in [-0.2, -0.15) is 0 Å². The van der Waals surface area contributed by atoms with Gasteiger partial charge in [0.15, 0.2) is 0 Å². The van der Waals surface area contributed by atoms with Crippen LogP contribution in [0, 0.1) is 0 Å². The van der Waals surface area contributed by atoms with Gasteiger partial charge in [-0.15, -0.1) is 6.58 Å². The first-order valence-corrected chi connectivity index (χ1v) is 5.71. The summed E-state index contributed by atoms with van der Waals surface area (Å²) in [5.41, 5.74) is 0.985. The minimum atomic E-state index is -0.655. The number of rotatable bonds is 6. The summed E-state index contributed by atoms with van der Waals surface area (Å²) < 4.78 is 4.64. The lowest BCUT2D eigenvalue weighted by molar-refractivity contribution is 0.0958. The Morgan fingerprint density at radius 2 is 2.00 bits per heavy atom. The highest BCUT2D eigenvalue weighted by atomic mass is 16.6. The summed E-state index contributed by atoms with van der Waals surface area (Å²) in [6.45, 7) is 3.61. The van der Waals surface area contributed by atoms with Gasteiger partial charge in [-0.3, -0.25) is 10.1 Å². The number of aliphatic hydroxyl groups is 1. The molecule has 0 heterocycles. The molecule has 2 amide bonds. The molecule has 0 aliphatic carbocycles. The zero-order chi connectivity index (χ0) is 14.1. The van der Waals surface area contributed by atoms with Crippen molar-refractivity contribution in [1.29, 1.82) is 0 Å². The topological polar surface area (TPSA) is 87.7 Å². The number of hydrogen-bond acceptors (Lipinski definition) is 4. The molecule has 6 heteroatoms. The molecule has 0 aromatic heterocycles. The standard InChI is InChI=1S/C13H16N2O4/c1-2-7-14-12(17)10-3-5-11(6-4-10)15-13(18)19-9-8-16/h2-6,16H,1,7-9H2,(H,14,17)(H,15,18). The number of nitrogens with one attached hydrogen (secondary N) is 2. The molecule has 1 aromatic rings. The van der Waals surface area contributed by atoms with Gasteiger partial charge in [0.2, 0.25) is 0 Å². The molecular weight excluding hydrogens is 248 g/mol. The molecule has 0 aliphatic heterocycles. The highest BCUT2D eigenvalue weighted by Crippen LogP contribution is 2.09. The third-order valence-electron chi connectivity index (χ3n) is 2.12. The van der Waals surface area contributed by atoms with Crippen molar-refractivity contribution in [2.24, 2.45) is 0 Å². The van der Waals surface area contributed by atoms with E-state index in [4.69, 9.17) is 5.11 Å². The number of aliphatic hydroxyl groups excluding tert-OH is 1. The number of carbonyl (C=O) groups is 2. The summed E-state index contributed by atoms with van der Waals surface area (Å²) in [5, 5.41) is 13.6. The molecule has 0 saturated heterocycles. The van der Waals surface area contributed by atoms with Crippen LogP contribution in [0.25, 0.3) is 0 Å². The molecule has 1 aromatic carbocycles. The van der Waals surface area contributed by atoms with Gasteiger partial charge in [0.25, 0.3) is 5.91 Å². The van der Waals surface area contributed by atoms with Gasteiger partial charge in [-0.1, -0.05) is 6.08 Å². The van der Waals surface area contributed by atoms with E-state index < -0.39 is 6.09 Å². The van der Waals surface area contributed by atoms with Crippen LogP contribution in [0.4, 0.5) is 10.5 Å². The Kier molecular flexibility index (Phi) is 6.11. The molecule has 0 bridgehead atoms. The second-order valence-corrected chi connectivity index (χ2v) is 3.56. The molecule has 0 unspecified atom stereocenters. The summed E-state index contributed by atoms with van der Waals surface area (Å²) in [4.78, 5) is 22.8. The number of anilines is 1. The second-order valence-electron chi connectivity index (χ2n) is 3.56. The smallest absolute Gasteiger partial charge is 0.411 e. The third-order valence-corrected chi connectivity index (χ3v) is 2.12. The van der Waals surface area contributed by atoms with Crippen LogP contribution >= 0.6 is 0 Å². The quantitative estimate of drug-likeness (QED) is 0.672. The fraction of sp³-hybridized carbons (Fsp3) is 0.231. The van der Waals surface area contributed by atoms with Crippen LogP contribution in [0.3, 0.4) is 0 Å². The van der Waals surface area contributed by atoms with E-state index in [1.165, 1.54) is 0 Å². The zero-order valence-electron chi connectivity index (χ0n) is 10.4. The Labute approximate surface area is 111 Å². The van der Waals surface area contributed by atoms with Gasteiger partial charge in [-0.25, -0.2) is 4.79 Å². The molecule has 0 fully saturated rings. The van der Waals surface area contributed by atoms with Gasteiger partial charge < -0.3 is 15.2 Å². The van der Waals surface area contributed by atoms with Gasteiger partial charge in [0.1, 0.15) is 6.61 Å². The number of ether oxygens (including phenoxy) is 1. The molecule has 0 saturated carbocycles. The zero-order valence-corrected chi connectivity index (χ0v) is 10.4. The Morgan fingerprint density at radius 3 is 2.58 bits per heavy atom. The molecule has 0 atom stereocenters. The number of hydrogen-bond donors (Lipinski definition) is 3. The van der Waals surface area contributed by atoms with Gasteiger partial charge in [0, 0.05) is 17.8 Å². The van der Waals surface area contributed by atoms with Crippen LogP contribution in [0.2, 0.25) is 0 Å². The van der Waals surface area contributed by atoms with Gasteiger partial charge >= 0.3 is 6.09 Å². The van der Waals surface area contributed by atoms with Crippen LogP contribution < -0.4 is 10.6 Å². The monoisotopic (exact) mass is 264 g/mol. The highest BCUT2D eigenvalue weighted by Gasteiger charge is 2.06. The first-order chi connectivity index (χ1) is 9.17. The largest absolute Gasteiger partial charge is 0.447 e. The van der Waals surface area contributed by atoms with Crippen molar-refractivity contribution in [2.45, 2.75) is 0 Å².